The maximum atomic E-state index is 13.9. The van der Waals surface area contributed by atoms with Crippen LogP contribution < -0.4 is 15.4 Å². The molecule has 1 aromatic heterocycles. The predicted octanol–water partition coefficient (Wildman–Crippen LogP) is 5.20. The maximum Gasteiger partial charge on any atom is 0.323 e. The van der Waals surface area contributed by atoms with E-state index in [0.717, 1.165) is 52.9 Å². The van der Waals surface area contributed by atoms with Gasteiger partial charge in [0.25, 0.3) is 0 Å². The molecule has 0 atom stereocenters. The van der Waals surface area contributed by atoms with E-state index in [-0.39, 0.29) is 5.69 Å². The molecule has 34 heavy (non-hydrogen) atoms. The summed E-state index contributed by atoms with van der Waals surface area (Å²) < 4.78 is 35.6. The van der Waals surface area contributed by atoms with Gasteiger partial charge in [0.1, 0.15) is 24.0 Å². The van der Waals surface area contributed by atoms with Gasteiger partial charge in [-0.1, -0.05) is 0 Å². The van der Waals surface area contributed by atoms with E-state index in [1.807, 2.05) is 18.8 Å². The Labute approximate surface area is 209 Å². The number of thioether (sulfide) groups is 1. The van der Waals surface area contributed by atoms with Gasteiger partial charge in [0.15, 0.2) is 0 Å². The van der Waals surface area contributed by atoms with Crippen LogP contribution in [0.5, 0.6) is 5.75 Å². The van der Waals surface area contributed by atoms with Crippen molar-refractivity contribution in [3.8, 4) is 17.0 Å². The molecule has 0 saturated carbocycles. The van der Waals surface area contributed by atoms with E-state index >= 15 is 0 Å². The standard InChI is InChI=1S/C23H24BrF2N5O2S/c1-30-22(18(24)14-27-30)17-13-16(28-23(32)29-20-4-2-15(25)12-19(20)26)3-5-21(17)33-9-6-31-7-10-34-11-8-31/h2-5,12-14H,6-11H2,1H3,(H2,28,29,32). The van der Waals surface area contributed by atoms with Crippen LogP contribution in [0.25, 0.3) is 11.3 Å². The quantitative estimate of drug-likeness (QED) is 0.422. The van der Waals surface area contributed by atoms with Crippen molar-refractivity contribution >= 4 is 45.1 Å². The lowest BCUT2D eigenvalue weighted by atomic mass is 10.1. The van der Waals surface area contributed by atoms with Crippen LogP contribution in [-0.2, 0) is 7.05 Å². The van der Waals surface area contributed by atoms with E-state index < -0.39 is 17.7 Å². The van der Waals surface area contributed by atoms with Crippen molar-refractivity contribution in [3.05, 3.63) is 58.7 Å². The number of urea groups is 1. The molecule has 1 fully saturated rings. The van der Waals surface area contributed by atoms with Crippen molar-refractivity contribution < 1.29 is 18.3 Å². The number of aryl methyl sites for hydroxylation is 1. The van der Waals surface area contributed by atoms with Crippen LogP contribution in [0.1, 0.15) is 0 Å². The van der Waals surface area contributed by atoms with Gasteiger partial charge in [-0.25, -0.2) is 13.6 Å². The lowest BCUT2D eigenvalue weighted by Gasteiger charge is -2.26. The first kappa shape index (κ1) is 24.5. The lowest BCUT2D eigenvalue weighted by Crippen LogP contribution is -2.35. The van der Waals surface area contributed by atoms with Crippen LogP contribution in [-0.4, -0.2) is 58.5 Å². The summed E-state index contributed by atoms with van der Waals surface area (Å²) in [5, 5.41) is 9.36. The average Bonchev–Trinajstić information content (AvgIpc) is 3.15. The molecule has 1 saturated heterocycles. The molecule has 2 N–H and O–H groups in total. The van der Waals surface area contributed by atoms with Crippen LogP contribution in [0.2, 0.25) is 0 Å². The summed E-state index contributed by atoms with van der Waals surface area (Å²) in [7, 11) is 1.82. The first-order valence-electron chi connectivity index (χ1n) is 10.7. The summed E-state index contributed by atoms with van der Waals surface area (Å²) in [6.45, 7) is 3.48. The van der Waals surface area contributed by atoms with Crippen molar-refractivity contribution in [1.29, 1.82) is 0 Å². The molecule has 7 nitrogen and oxygen atoms in total. The highest BCUT2D eigenvalue weighted by Crippen LogP contribution is 2.36. The van der Waals surface area contributed by atoms with Crippen LogP contribution in [0.4, 0.5) is 25.0 Å². The van der Waals surface area contributed by atoms with Gasteiger partial charge in [0.2, 0.25) is 0 Å². The molecule has 3 aromatic rings. The number of rotatable bonds is 7. The highest BCUT2D eigenvalue weighted by molar-refractivity contribution is 9.10. The average molecular weight is 552 g/mol. The third-order valence-corrected chi connectivity index (χ3v) is 6.86. The van der Waals surface area contributed by atoms with E-state index in [4.69, 9.17) is 4.74 Å². The predicted molar refractivity (Wildman–Crippen MR) is 135 cm³/mol. The second-order valence-corrected chi connectivity index (χ2v) is 9.76. The van der Waals surface area contributed by atoms with Crippen molar-refractivity contribution in [3.63, 3.8) is 0 Å². The maximum absolute atomic E-state index is 13.9. The topological polar surface area (TPSA) is 71.4 Å². The Morgan fingerprint density at radius 2 is 1.97 bits per heavy atom. The zero-order chi connectivity index (χ0) is 24.1. The third-order valence-electron chi connectivity index (χ3n) is 5.33. The number of anilines is 2. The van der Waals surface area contributed by atoms with Gasteiger partial charge in [-0.15, -0.1) is 0 Å². The number of aromatic nitrogens is 2. The highest BCUT2D eigenvalue weighted by Gasteiger charge is 2.17. The fraction of sp³-hybridized carbons (Fsp3) is 0.304. The van der Waals surface area contributed by atoms with Crippen LogP contribution in [0.3, 0.4) is 0 Å². The smallest absolute Gasteiger partial charge is 0.323 e. The van der Waals surface area contributed by atoms with Gasteiger partial charge < -0.3 is 15.4 Å². The second-order valence-electron chi connectivity index (χ2n) is 7.68. The van der Waals surface area contributed by atoms with Gasteiger partial charge in [-0.2, -0.15) is 16.9 Å². The van der Waals surface area contributed by atoms with E-state index in [9.17, 15) is 13.6 Å². The molecule has 1 aliphatic heterocycles. The Bertz CT molecular complexity index is 1150. The molecule has 2 aromatic carbocycles. The number of carbonyl (C=O) groups is 1. The number of hydrogen-bond donors (Lipinski definition) is 2. The summed E-state index contributed by atoms with van der Waals surface area (Å²) in [6.07, 6.45) is 1.69. The monoisotopic (exact) mass is 551 g/mol. The van der Waals surface area contributed by atoms with Gasteiger partial charge >= 0.3 is 6.03 Å². The van der Waals surface area contributed by atoms with Crippen molar-refractivity contribution in [1.82, 2.24) is 14.7 Å². The number of benzene rings is 2. The molecule has 0 aliphatic carbocycles. The van der Waals surface area contributed by atoms with E-state index in [2.05, 4.69) is 36.6 Å². The molecule has 4 rings (SSSR count). The number of ether oxygens (including phenoxy) is 1. The zero-order valence-electron chi connectivity index (χ0n) is 18.5. The van der Waals surface area contributed by atoms with Gasteiger partial charge in [0.05, 0.1) is 22.1 Å². The number of hydrogen-bond acceptors (Lipinski definition) is 5. The molecule has 2 amide bonds. The fourth-order valence-electron chi connectivity index (χ4n) is 3.62. The molecule has 0 bridgehead atoms. The summed E-state index contributed by atoms with van der Waals surface area (Å²) in [6, 6.07) is 7.57. The van der Waals surface area contributed by atoms with Crippen LogP contribution >= 0.6 is 27.7 Å². The van der Waals surface area contributed by atoms with E-state index in [1.54, 1.807) is 29.1 Å². The summed E-state index contributed by atoms with van der Waals surface area (Å²) >= 11 is 5.50. The summed E-state index contributed by atoms with van der Waals surface area (Å²) in [5.74, 6) is 1.36. The SMILES string of the molecule is Cn1ncc(Br)c1-c1cc(NC(=O)Nc2ccc(F)cc2F)ccc1OCCN1CCSCC1. The second kappa shape index (κ2) is 11.2. The van der Waals surface area contributed by atoms with Crippen molar-refractivity contribution in [2.45, 2.75) is 0 Å². The number of halogens is 3. The third kappa shape index (κ3) is 6.08. The minimum Gasteiger partial charge on any atom is -0.492 e. The Kier molecular flexibility index (Phi) is 8.07. The fourth-order valence-corrected chi connectivity index (χ4v) is 5.16. The molecule has 180 valence electrons. The van der Waals surface area contributed by atoms with Crippen LogP contribution in [0, 0.1) is 11.6 Å². The Morgan fingerprint density at radius 1 is 1.18 bits per heavy atom. The van der Waals surface area contributed by atoms with Gasteiger partial charge in [0, 0.05) is 55.5 Å². The highest BCUT2D eigenvalue weighted by atomic mass is 79.9. The van der Waals surface area contributed by atoms with E-state index in [1.165, 1.54) is 6.07 Å². The van der Waals surface area contributed by atoms with E-state index in [0.29, 0.717) is 24.1 Å². The van der Waals surface area contributed by atoms with Gasteiger partial charge in [-0.3, -0.25) is 9.58 Å². The number of carbonyl (C=O) groups excluding carboxylic acids is 1. The number of amides is 2. The molecule has 0 spiro atoms. The largest absolute Gasteiger partial charge is 0.492 e. The molecule has 11 heteroatoms. The first-order valence-corrected chi connectivity index (χ1v) is 12.6. The molecular weight excluding hydrogens is 528 g/mol. The number of nitrogens with one attached hydrogen (secondary N) is 2. The summed E-state index contributed by atoms with van der Waals surface area (Å²) in [4.78, 5) is 14.8. The minimum absolute atomic E-state index is 0.121. The zero-order valence-corrected chi connectivity index (χ0v) is 20.9. The molecule has 0 unspecified atom stereocenters. The lowest BCUT2D eigenvalue weighted by molar-refractivity contribution is 0.223. The molecular formula is C23H24BrF2N5O2S. The minimum atomic E-state index is -0.856. The normalized spacial score (nSPS) is 14.1. The first-order chi connectivity index (χ1) is 16.4. The Balaban J connectivity index is 1.51. The molecule has 0 radical (unpaired) electrons. The number of nitrogens with zero attached hydrogens (tertiary/aromatic N) is 3. The van der Waals surface area contributed by atoms with Crippen molar-refractivity contribution in [2.24, 2.45) is 7.05 Å². The van der Waals surface area contributed by atoms with Crippen LogP contribution in [0.15, 0.2) is 47.1 Å². The molecule has 1 aliphatic rings. The Hall–Kier alpha value is -2.63. The molecule has 2 heterocycles. The van der Waals surface area contributed by atoms with Crippen molar-refractivity contribution in [2.75, 3.05) is 48.4 Å². The summed E-state index contributed by atoms with van der Waals surface area (Å²) in [5.41, 5.74) is 1.89. The Morgan fingerprint density at radius 3 is 2.68 bits per heavy atom. The van der Waals surface area contributed by atoms with Gasteiger partial charge in [-0.05, 0) is 46.3 Å².